The summed E-state index contributed by atoms with van der Waals surface area (Å²) in [6, 6.07) is 11.9. The molecule has 0 radical (unpaired) electrons. The summed E-state index contributed by atoms with van der Waals surface area (Å²) in [4.78, 5) is 13.4. The van der Waals surface area contributed by atoms with Gasteiger partial charge in [0.2, 0.25) is 5.91 Å². The van der Waals surface area contributed by atoms with Crippen LogP contribution in [0.4, 0.5) is 0 Å². The first-order valence-electron chi connectivity index (χ1n) is 11.5. The second-order valence-electron chi connectivity index (χ2n) is 8.72. The minimum absolute atomic E-state index is 0.00208. The highest BCUT2D eigenvalue weighted by molar-refractivity contribution is 5.73. The van der Waals surface area contributed by atoms with Gasteiger partial charge in [0, 0.05) is 45.1 Å². The number of likely N-dealkylation sites (tertiary alicyclic amines) is 1. The van der Waals surface area contributed by atoms with E-state index in [2.05, 4.69) is 10.5 Å². The molecule has 0 bridgehead atoms. The number of piperidine rings is 1. The van der Waals surface area contributed by atoms with Crippen LogP contribution in [-0.4, -0.2) is 65.1 Å². The van der Waals surface area contributed by atoms with Crippen molar-refractivity contribution >= 4 is 5.91 Å². The minimum Gasteiger partial charge on any atom is -0.486 e. The Morgan fingerprint density at radius 1 is 1.22 bits per heavy atom. The van der Waals surface area contributed by atoms with Gasteiger partial charge in [0.05, 0.1) is 24.0 Å². The summed E-state index contributed by atoms with van der Waals surface area (Å²) in [5.41, 5.74) is 0.835. The lowest BCUT2D eigenvalue weighted by molar-refractivity contribution is -0.130. The molecule has 2 saturated heterocycles. The molecule has 0 saturated carbocycles. The van der Waals surface area contributed by atoms with E-state index in [0.717, 1.165) is 43.8 Å². The van der Waals surface area contributed by atoms with E-state index in [4.69, 9.17) is 14.0 Å². The van der Waals surface area contributed by atoms with Gasteiger partial charge in [0.1, 0.15) is 12.4 Å². The fourth-order valence-electron chi connectivity index (χ4n) is 4.39. The predicted molar refractivity (Wildman–Crippen MR) is 118 cm³/mol. The second kappa shape index (κ2) is 10.9. The van der Waals surface area contributed by atoms with Gasteiger partial charge >= 0.3 is 0 Å². The smallest absolute Gasteiger partial charge is 0.219 e. The molecule has 0 aliphatic carbocycles. The molecule has 8 heteroatoms. The van der Waals surface area contributed by atoms with Crippen molar-refractivity contribution in [3.8, 4) is 5.75 Å². The van der Waals surface area contributed by atoms with Crippen LogP contribution in [0.2, 0.25) is 0 Å². The molecule has 3 unspecified atom stereocenters. The van der Waals surface area contributed by atoms with Crippen LogP contribution in [0.1, 0.15) is 44.1 Å². The highest BCUT2D eigenvalue weighted by atomic mass is 16.5. The molecule has 2 aliphatic rings. The maximum Gasteiger partial charge on any atom is 0.219 e. The van der Waals surface area contributed by atoms with Gasteiger partial charge < -0.3 is 29.3 Å². The summed E-state index contributed by atoms with van der Waals surface area (Å²) in [6.07, 6.45) is 3.29. The number of aliphatic hydroxyl groups is 1. The Hall–Kier alpha value is -2.42. The summed E-state index contributed by atoms with van der Waals surface area (Å²) in [5.74, 6) is 1.60. The van der Waals surface area contributed by atoms with Crippen LogP contribution in [0.3, 0.4) is 0 Å². The quantitative estimate of drug-likeness (QED) is 0.646. The number of carbonyl (C=O) groups is 1. The second-order valence-corrected chi connectivity index (χ2v) is 8.72. The number of para-hydroxylation sites is 1. The highest BCUT2D eigenvalue weighted by Crippen LogP contribution is 2.23. The number of benzene rings is 1. The Labute approximate surface area is 188 Å². The summed E-state index contributed by atoms with van der Waals surface area (Å²) in [6.45, 7) is 4.13. The van der Waals surface area contributed by atoms with E-state index in [0.29, 0.717) is 37.8 Å². The first-order chi connectivity index (χ1) is 15.6. The number of aromatic nitrogens is 1. The average molecular weight is 444 g/mol. The van der Waals surface area contributed by atoms with Crippen molar-refractivity contribution in [3.05, 3.63) is 47.9 Å². The van der Waals surface area contributed by atoms with Crippen LogP contribution in [0.25, 0.3) is 0 Å². The molecule has 2 aromatic rings. The van der Waals surface area contributed by atoms with Gasteiger partial charge in [-0.2, -0.15) is 0 Å². The van der Waals surface area contributed by atoms with Crippen molar-refractivity contribution in [2.75, 3.05) is 19.6 Å². The molecule has 2 aliphatic heterocycles. The zero-order valence-corrected chi connectivity index (χ0v) is 18.6. The molecule has 1 amide bonds. The molecule has 3 atom stereocenters. The number of nitrogens with one attached hydrogen (secondary N) is 1. The zero-order valence-electron chi connectivity index (χ0n) is 18.6. The Bertz CT molecular complexity index is 850. The summed E-state index contributed by atoms with van der Waals surface area (Å²) in [5, 5.41) is 18.1. The van der Waals surface area contributed by atoms with E-state index in [9.17, 15) is 9.90 Å². The van der Waals surface area contributed by atoms with Gasteiger partial charge in [-0.1, -0.05) is 23.4 Å². The largest absolute Gasteiger partial charge is 0.486 e. The standard InChI is InChI=1S/C24H33N3O5/c1-17(28)27-11-9-18(10-12-27)25-15-24-23(29)8-7-21(31-24)13-19-14-22(32-26-19)16-30-20-5-3-2-4-6-20/h2-6,14,18,21,23-25,29H,7-13,15-16H2,1H3. The molecule has 1 aromatic heterocycles. The van der Waals surface area contributed by atoms with Crippen LogP contribution < -0.4 is 10.1 Å². The van der Waals surface area contributed by atoms with E-state index in [1.807, 2.05) is 41.3 Å². The van der Waals surface area contributed by atoms with Crippen LogP contribution in [-0.2, 0) is 22.6 Å². The number of aliphatic hydroxyl groups excluding tert-OH is 1. The van der Waals surface area contributed by atoms with Gasteiger partial charge in [-0.25, -0.2) is 0 Å². The molecule has 2 fully saturated rings. The van der Waals surface area contributed by atoms with E-state index in [-0.39, 0.29) is 18.1 Å². The molecule has 32 heavy (non-hydrogen) atoms. The first-order valence-corrected chi connectivity index (χ1v) is 11.5. The van der Waals surface area contributed by atoms with Crippen molar-refractivity contribution < 1.29 is 23.9 Å². The SMILES string of the molecule is CC(=O)N1CCC(NCC2OC(Cc3cc(COc4ccccc4)on3)CCC2O)CC1. The number of rotatable bonds is 8. The summed E-state index contributed by atoms with van der Waals surface area (Å²) in [7, 11) is 0. The number of nitrogens with zero attached hydrogens (tertiary/aromatic N) is 2. The molecule has 4 rings (SSSR count). The minimum atomic E-state index is -0.469. The van der Waals surface area contributed by atoms with Gasteiger partial charge in [-0.3, -0.25) is 4.79 Å². The van der Waals surface area contributed by atoms with Crippen LogP contribution in [0.5, 0.6) is 5.75 Å². The van der Waals surface area contributed by atoms with Crippen molar-refractivity contribution in [1.82, 2.24) is 15.4 Å². The zero-order chi connectivity index (χ0) is 22.3. The number of hydrogen-bond acceptors (Lipinski definition) is 7. The fourth-order valence-corrected chi connectivity index (χ4v) is 4.39. The first kappa shape index (κ1) is 22.8. The number of ether oxygens (including phenoxy) is 2. The maximum atomic E-state index is 11.5. The molecule has 2 N–H and O–H groups in total. The number of hydrogen-bond donors (Lipinski definition) is 2. The molecule has 174 valence electrons. The van der Waals surface area contributed by atoms with Crippen LogP contribution >= 0.6 is 0 Å². The van der Waals surface area contributed by atoms with Crippen molar-refractivity contribution in [1.29, 1.82) is 0 Å². The normalized spacial score (nSPS) is 24.4. The summed E-state index contributed by atoms with van der Waals surface area (Å²) >= 11 is 0. The van der Waals surface area contributed by atoms with Gasteiger partial charge in [-0.15, -0.1) is 0 Å². The summed E-state index contributed by atoms with van der Waals surface area (Å²) < 4.78 is 17.3. The third-order valence-electron chi connectivity index (χ3n) is 6.30. The van der Waals surface area contributed by atoms with Crippen molar-refractivity contribution in [2.24, 2.45) is 0 Å². The third-order valence-corrected chi connectivity index (χ3v) is 6.30. The molecule has 1 aromatic carbocycles. The topological polar surface area (TPSA) is 97.1 Å². The van der Waals surface area contributed by atoms with E-state index >= 15 is 0 Å². The lowest BCUT2D eigenvalue weighted by Crippen LogP contribution is -2.50. The van der Waals surface area contributed by atoms with E-state index in [1.165, 1.54) is 0 Å². The Morgan fingerprint density at radius 2 is 2.00 bits per heavy atom. The highest BCUT2D eigenvalue weighted by Gasteiger charge is 2.31. The Morgan fingerprint density at radius 3 is 2.75 bits per heavy atom. The molecule has 3 heterocycles. The molecular formula is C24H33N3O5. The Balaban J connectivity index is 1.21. The molecule has 0 spiro atoms. The van der Waals surface area contributed by atoms with Gasteiger partial charge in [0.25, 0.3) is 0 Å². The number of amides is 1. The van der Waals surface area contributed by atoms with E-state index < -0.39 is 6.10 Å². The van der Waals surface area contributed by atoms with E-state index in [1.54, 1.807) is 6.92 Å². The Kier molecular flexibility index (Phi) is 7.78. The monoisotopic (exact) mass is 443 g/mol. The van der Waals surface area contributed by atoms with Crippen molar-refractivity contribution in [3.63, 3.8) is 0 Å². The van der Waals surface area contributed by atoms with Crippen LogP contribution in [0.15, 0.2) is 40.9 Å². The number of carbonyl (C=O) groups excluding carboxylic acids is 1. The molecule has 8 nitrogen and oxygen atoms in total. The van der Waals surface area contributed by atoms with Crippen LogP contribution in [0, 0.1) is 0 Å². The van der Waals surface area contributed by atoms with Gasteiger partial charge in [0.15, 0.2) is 5.76 Å². The van der Waals surface area contributed by atoms with Crippen molar-refractivity contribution in [2.45, 2.75) is 70.0 Å². The fraction of sp³-hybridized carbons (Fsp3) is 0.583. The maximum absolute atomic E-state index is 11.5. The predicted octanol–water partition coefficient (Wildman–Crippen LogP) is 2.31. The lowest BCUT2D eigenvalue weighted by Gasteiger charge is -2.36. The molecular weight excluding hydrogens is 410 g/mol. The lowest BCUT2D eigenvalue weighted by atomic mass is 9.97. The van der Waals surface area contributed by atoms with Gasteiger partial charge in [-0.05, 0) is 37.8 Å². The average Bonchev–Trinajstić information content (AvgIpc) is 3.26. The third kappa shape index (κ3) is 6.31.